The maximum atomic E-state index is 11.7. The van der Waals surface area contributed by atoms with E-state index in [1.807, 2.05) is 12.1 Å². The summed E-state index contributed by atoms with van der Waals surface area (Å²) in [6.07, 6.45) is 2.79. The summed E-state index contributed by atoms with van der Waals surface area (Å²) in [5.74, 6) is 0.108. The van der Waals surface area contributed by atoms with Crippen LogP contribution in [-0.2, 0) is 4.79 Å². The Morgan fingerprint density at radius 2 is 1.95 bits per heavy atom. The molecule has 6 heteroatoms. The van der Waals surface area contributed by atoms with Gasteiger partial charge in [0, 0.05) is 17.7 Å². The molecule has 0 aromatic heterocycles. The number of methoxy groups -OCH3 is 1. The van der Waals surface area contributed by atoms with Gasteiger partial charge in [0.1, 0.15) is 11.5 Å². The smallest absolute Gasteiger partial charge is 0.336 e. The molecule has 2 aromatic carbocycles. The van der Waals surface area contributed by atoms with E-state index in [9.17, 15) is 14.9 Å². The largest absolute Gasteiger partial charge is 0.496 e. The predicted molar refractivity (Wildman–Crippen MR) is 80.8 cm³/mol. The van der Waals surface area contributed by atoms with E-state index in [1.165, 1.54) is 37.5 Å². The topological polar surface area (TPSA) is 78.7 Å². The maximum absolute atomic E-state index is 11.7. The molecule has 0 aliphatic heterocycles. The van der Waals surface area contributed by atoms with Crippen molar-refractivity contribution in [2.75, 3.05) is 7.11 Å². The van der Waals surface area contributed by atoms with Crippen LogP contribution in [0.25, 0.3) is 6.08 Å². The van der Waals surface area contributed by atoms with Gasteiger partial charge < -0.3 is 9.47 Å². The number of ether oxygens (including phenoxy) is 2. The number of non-ortho nitro benzene ring substituents is 1. The van der Waals surface area contributed by atoms with Gasteiger partial charge in [-0.1, -0.05) is 24.3 Å². The Morgan fingerprint density at radius 1 is 1.18 bits per heavy atom. The molecule has 0 spiro atoms. The van der Waals surface area contributed by atoms with Crippen LogP contribution in [0, 0.1) is 10.1 Å². The number of carbonyl (C=O) groups excluding carboxylic acids is 1. The Hall–Kier alpha value is -3.15. The van der Waals surface area contributed by atoms with Gasteiger partial charge in [-0.25, -0.2) is 4.79 Å². The number of esters is 1. The summed E-state index contributed by atoms with van der Waals surface area (Å²) < 4.78 is 10.2. The molecule has 0 saturated carbocycles. The fraction of sp³-hybridized carbons (Fsp3) is 0.0625. The first kappa shape index (κ1) is 15.2. The van der Waals surface area contributed by atoms with Gasteiger partial charge in [0.15, 0.2) is 0 Å². The fourth-order valence-electron chi connectivity index (χ4n) is 1.77. The average Bonchev–Trinajstić information content (AvgIpc) is 2.53. The Morgan fingerprint density at radius 3 is 2.68 bits per heavy atom. The Balaban J connectivity index is 2.08. The molecular weight excluding hydrogens is 286 g/mol. The third-order valence-electron chi connectivity index (χ3n) is 2.78. The lowest BCUT2D eigenvalue weighted by Crippen LogP contribution is -2.04. The summed E-state index contributed by atoms with van der Waals surface area (Å²) in [7, 11) is 1.54. The lowest BCUT2D eigenvalue weighted by Gasteiger charge is -2.03. The molecule has 0 unspecified atom stereocenters. The van der Waals surface area contributed by atoms with E-state index in [0.717, 1.165) is 5.56 Å². The van der Waals surface area contributed by atoms with Crippen molar-refractivity contribution in [1.29, 1.82) is 0 Å². The lowest BCUT2D eigenvalue weighted by molar-refractivity contribution is -0.384. The standard InChI is InChI=1S/C16H13NO5/c1-21-15-8-3-2-5-12(15)9-10-16(18)22-14-7-4-6-13(11-14)17(19)20/h2-11H,1H3/b10-9+. The number of rotatable bonds is 5. The molecule has 2 rings (SSSR count). The molecule has 6 nitrogen and oxygen atoms in total. The maximum Gasteiger partial charge on any atom is 0.336 e. The van der Waals surface area contributed by atoms with Crippen LogP contribution in [0.15, 0.2) is 54.6 Å². The zero-order chi connectivity index (χ0) is 15.9. The number of hydrogen-bond donors (Lipinski definition) is 0. The lowest BCUT2D eigenvalue weighted by atomic mass is 10.2. The summed E-state index contributed by atoms with van der Waals surface area (Å²) in [4.78, 5) is 21.9. The summed E-state index contributed by atoms with van der Waals surface area (Å²) >= 11 is 0. The van der Waals surface area contributed by atoms with Crippen molar-refractivity contribution in [3.63, 3.8) is 0 Å². The van der Waals surface area contributed by atoms with Gasteiger partial charge in [0.2, 0.25) is 0 Å². The van der Waals surface area contributed by atoms with Gasteiger partial charge in [0.25, 0.3) is 5.69 Å². The normalized spacial score (nSPS) is 10.4. The van der Waals surface area contributed by atoms with Crippen LogP contribution in [0.5, 0.6) is 11.5 Å². The van der Waals surface area contributed by atoms with Crippen LogP contribution in [-0.4, -0.2) is 18.0 Å². The first-order chi connectivity index (χ1) is 10.6. The molecule has 0 amide bonds. The highest BCUT2D eigenvalue weighted by atomic mass is 16.6. The Kier molecular flexibility index (Phi) is 4.87. The molecule has 0 atom stereocenters. The molecule has 0 N–H and O–H groups in total. The number of hydrogen-bond acceptors (Lipinski definition) is 5. The van der Waals surface area contributed by atoms with Gasteiger partial charge in [-0.05, 0) is 18.2 Å². The first-order valence-electron chi connectivity index (χ1n) is 6.37. The quantitative estimate of drug-likeness (QED) is 0.278. The molecule has 22 heavy (non-hydrogen) atoms. The average molecular weight is 299 g/mol. The highest BCUT2D eigenvalue weighted by molar-refractivity contribution is 5.89. The van der Waals surface area contributed by atoms with Crippen LogP contribution in [0.1, 0.15) is 5.56 Å². The molecular formula is C16H13NO5. The van der Waals surface area contributed by atoms with Crippen molar-refractivity contribution < 1.29 is 19.2 Å². The molecule has 0 radical (unpaired) electrons. The Labute approximate surface area is 126 Å². The minimum absolute atomic E-state index is 0.115. The monoisotopic (exact) mass is 299 g/mol. The SMILES string of the molecule is COc1ccccc1/C=C/C(=O)Oc1cccc([N+](=O)[O-])c1. The van der Waals surface area contributed by atoms with Crippen LogP contribution in [0.4, 0.5) is 5.69 Å². The van der Waals surface area contributed by atoms with Crippen LogP contribution < -0.4 is 9.47 Å². The molecule has 0 aliphatic carbocycles. The molecule has 0 heterocycles. The highest BCUT2D eigenvalue weighted by Gasteiger charge is 2.08. The number of para-hydroxylation sites is 1. The van der Waals surface area contributed by atoms with E-state index in [1.54, 1.807) is 18.2 Å². The van der Waals surface area contributed by atoms with E-state index >= 15 is 0 Å². The van der Waals surface area contributed by atoms with Crippen molar-refractivity contribution in [3.05, 3.63) is 70.3 Å². The fourth-order valence-corrected chi connectivity index (χ4v) is 1.77. The minimum Gasteiger partial charge on any atom is -0.496 e. The molecule has 0 fully saturated rings. The minimum atomic E-state index is -0.633. The predicted octanol–water partition coefficient (Wildman–Crippen LogP) is 3.22. The van der Waals surface area contributed by atoms with Crippen molar-refractivity contribution in [3.8, 4) is 11.5 Å². The van der Waals surface area contributed by atoms with Gasteiger partial charge in [-0.2, -0.15) is 0 Å². The summed E-state index contributed by atoms with van der Waals surface area (Å²) in [5, 5.41) is 10.7. The van der Waals surface area contributed by atoms with E-state index < -0.39 is 10.9 Å². The van der Waals surface area contributed by atoms with E-state index in [2.05, 4.69) is 0 Å². The highest BCUT2D eigenvalue weighted by Crippen LogP contribution is 2.20. The summed E-state index contributed by atoms with van der Waals surface area (Å²) in [6, 6.07) is 12.6. The van der Waals surface area contributed by atoms with Crippen molar-refractivity contribution in [2.24, 2.45) is 0 Å². The number of nitrogens with zero attached hydrogens (tertiary/aromatic N) is 1. The third-order valence-corrected chi connectivity index (χ3v) is 2.78. The van der Waals surface area contributed by atoms with Gasteiger partial charge in [-0.15, -0.1) is 0 Å². The molecule has 2 aromatic rings. The van der Waals surface area contributed by atoms with Gasteiger partial charge in [-0.3, -0.25) is 10.1 Å². The van der Waals surface area contributed by atoms with E-state index in [4.69, 9.17) is 9.47 Å². The van der Waals surface area contributed by atoms with Crippen molar-refractivity contribution >= 4 is 17.7 Å². The van der Waals surface area contributed by atoms with Crippen LogP contribution >= 0.6 is 0 Å². The molecule has 0 bridgehead atoms. The van der Waals surface area contributed by atoms with Crippen molar-refractivity contribution in [2.45, 2.75) is 0 Å². The molecule has 112 valence electrons. The Bertz CT molecular complexity index is 724. The van der Waals surface area contributed by atoms with Gasteiger partial charge >= 0.3 is 5.97 Å². The van der Waals surface area contributed by atoms with Crippen LogP contribution in [0.2, 0.25) is 0 Å². The number of carbonyl (C=O) groups is 1. The number of benzene rings is 2. The van der Waals surface area contributed by atoms with Crippen LogP contribution in [0.3, 0.4) is 0 Å². The first-order valence-corrected chi connectivity index (χ1v) is 6.37. The molecule has 0 saturated heterocycles. The van der Waals surface area contributed by atoms with E-state index in [0.29, 0.717) is 5.75 Å². The third kappa shape index (κ3) is 3.92. The zero-order valence-electron chi connectivity index (χ0n) is 11.8. The van der Waals surface area contributed by atoms with Crippen molar-refractivity contribution in [1.82, 2.24) is 0 Å². The second kappa shape index (κ2) is 7.03. The number of nitro benzene ring substituents is 1. The summed E-state index contributed by atoms with van der Waals surface area (Å²) in [6.45, 7) is 0. The zero-order valence-corrected chi connectivity index (χ0v) is 11.8. The van der Waals surface area contributed by atoms with E-state index in [-0.39, 0.29) is 11.4 Å². The second-order valence-electron chi connectivity index (χ2n) is 4.25. The number of nitro groups is 1. The second-order valence-corrected chi connectivity index (χ2v) is 4.25. The van der Waals surface area contributed by atoms with Gasteiger partial charge in [0.05, 0.1) is 18.1 Å². The molecule has 0 aliphatic rings. The summed E-state index contributed by atoms with van der Waals surface area (Å²) in [5.41, 5.74) is 0.583.